The number of methoxy groups -OCH3 is 1. The molecule has 1 aliphatic heterocycles. The van der Waals surface area contributed by atoms with Crippen LogP contribution in [0, 0.1) is 6.92 Å². The van der Waals surface area contributed by atoms with E-state index >= 15 is 0 Å². The zero-order valence-electron chi connectivity index (χ0n) is 16.3. The summed E-state index contributed by atoms with van der Waals surface area (Å²) in [5, 5.41) is 4.31. The van der Waals surface area contributed by atoms with Crippen molar-refractivity contribution in [3.05, 3.63) is 42.0 Å². The summed E-state index contributed by atoms with van der Waals surface area (Å²) in [4.78, 5) is 23.9. The molecule has 1 aliphatic rings. The highest BCUT2D eigenvalue weighted by Gasteiger charge is 2.28. The molecule has 0 saturated carbocycles. The Morgan fingerprint density at radius 3 is 2.76 bits per heavy atom. The number of aryl methyl sites for hydroxylation is 1. The van der Waals surface area contributed by atoms with Gasteiger partial charge in [-0.05, 0) is 49.7 Å². The van der Waals surface area contributed by atoms with Gasteiger partial charge in [0.25, 0.3) is 5.91 Å². The summed E-state index contributed by atoms with van der Waals surface area (Å²) in [5.74, 6) is 0.0940. The maximum atomic E-state index is 12.9. The van der Waals surface area contributed by atoms with Gasteiger partial charge in [-0.1, -0.05) is 6.07 Å². The molecule has 2 amide bonds. The molecule has 2 aromatic carbocycles. The Kier molecular flexibility index (Phi) is 5.78. The van der Waals surface area contributed by atoms with Crippen molar-refractivity contribution < 1.29 is 27.5 Å². The topological polar surface area (TPSA) is 111 Å². The van der Waals surface area contributed by atoms with Crippen LogP contribution in [0.4, 0.5) is 11.4 Å². The average Bonchev–Trinajstić information content (AvgIpc) is 2.67. The minimum Gasteiger partial charge on any atom is -0.495 e. The fourth-order valence-electron chi connectivity index (χ4n) is 2.96. The molecule has 0 bridgehead atoms. The number of ether oxygens (including phenoxy) is 2. The molecule has 0 unspecified atom stereocenters. The molecular formula is C20H22N2O6S. The van der Waals surface area contributed by atoms with E-state index < -0.39 is 21.0 Å². The lowest BCUT2D eigenvalue weighted by molar-refractivity contribution is -0.118. The van der Waals surface area contributed by atoms with Gasteiger partial charge >= 0.3 is 0 Å². The van der Waals surface area contributed by atoms with Gasteiger partial charge in [-0.15, -0.1) is 0 Å². The van der Waals surface area contributed by atoms with Crippen LogP contribution in [0.15, 0.2) is 41.3 Å². The highest BCUT2D eigenvalue weighted by molar-refractivity contribution is 7.92. The van der Waals surface area contributed by atoms with Crippen LogP contribution in [0.2, 0.25) is 0 Å². The molecular weight excluding hydrogens is 396 g/mol. The molecule has 1 atom stereocenters. The monoisotopic (exact) mass is 418 g/mol. The van der Waals surface area contributed by atoms with Crippen LogP contribution in [0.1, 0.15) is 18.9 Å². The Labute approximate surface area is 169 Å². The predicted molar refractivity (Wildman–Crippen MR) is 108 cm³/mol. The fraction of sp³-hybridized carbons (Fsp3) is 0.300. The van der Waals surface area contributed by atoms with E-state index in [2.05, 4.69) is 10.6 Å². The lowest BCUT2D eigenvalue weighted by Crippen LogP contribution is -2.27. The number of carbonyl (C=O) groups excluding carboxylic acids is 2. The molecule has 8 nitrogen and oxygen atoms in total. The third-order valence-electron chi connectivity index (χ3n) is 4.54. The fourth-order valence-corrected chi connectivity index (χ4v) is 4.34. The smallest absolute Gasteiger partial charge is 0.262 e. The van der Waals surface area contributed by atoms with E-state index in [1.165, 1.54) is 32.2 Å². The summed E-state index contributed by atoms with van der Waals surface area (Å²) in [6.07, 6.45) is -0.237. The number of hydrogen-bond acceptors (Lipinski definition) is 6. The lowest BCUT2D eigenvalue weighted by Gasteiger charge is -2.19. The normalized spacial score (nSPS) is 14.2. The summed E-state index contributed by atoms with van der Waals surface area (Å²) >= 11 is 0. The summed E-state index contributed by atoms with van der Waals surface area (Å²) < 4.78 is 36.3. The van der Waals surface area contributed by atoms with Crippen LogP contribution in [0.5, 0.6) is 11.5 Å². The molecule has 2 N–H and O–H groups in total. The summed E-state index contributed by atoms with van der Waals surface area (Å²) in [6.45, 7) is 3.23. The van der Waals surface area contributed by atoms with Crippen molar-refractivity contribution in [3.8, 4) is 11.5 Å². The Bertz CT molecular complexity index is 1060. The van der Waals surface area contributed by atoms with Gasteiger partial charge in [0.15, 0.2) is 16.4 Å². The number of hydrogen-bond donors (Lipinski definition) is 2. The van der Waals surface area contributed by atoms with Crippen LogP contribution in [-0.4, -0.2) is 39.2 Å². The largest absolute Gasteiger partial charge is 0.495 e. The van der Waals surface area contributed by atoms with E-state index in [-0.39, 0.29) is 23.8 Å². The highest BCUT2D eigenvalue weighted by atomic mass is 32.2. The van der Waals surface area contributed by atoms with Crippen molar-refractivity contribution in [2.24, 2.45) is 0 Å². The maximum Gasteiger partial charge on any atom is 0.262 e. The van der Waals surface area contributed by atoms with E-state index in [9.17, 15) is 18.0 Å². The van der Waals surface area contributed by atoms with E-state index in [4.69, 9.17) is 9.47 Å². The maximum absolute atomic E-state index is 12.9. The average molecular weight is 418 g/mol. The first-order valence-electron chi connectivity index (χ1n) is 8.96. The second-order valence-corrected chi connectivity index (χ2v) is 9.17. The van der Waals surface area contributed by atoms with Gasteiger partial charge in [0.05, 0.1) is 28.6 Å². The molecule has 9 heteroatoms. The quantitative estimate of drug-likeness (QED) is 0.746. The number of fused-ring (bicyclic) bond motifs is 1. The van der Waals surface area contributed by atoms with Crippen LogP contribution in [-0.2, 0) is 19.4 Å². The Hall–Kier alpha value is -3.07. The third kappa shape index (κ3) is 4.51. The molecule has 0 spiro atoms. The van der Waals surface area contributed by atoms with Crippen LogP contribution >= 0.6 is 0 Å². The molecule has 29 heavy (non-hydrogen) atoms. The minimum absolute atomic E-state index is 0.00971. The van der Waals surface area contributed by atoms with Gasteiger partial charge < -0.3 is 20.1 Å². The van der Waals surface area contributed by atoms with Crippen molar-refractivity contribution in [2.75, 3.05) is 24.4 Å². The Morgan fingerprint density at radius 2 is 2.03 bits per heavy atom. The predicted octanol–water partition coefficient (Wildman–Crippen LogP) is 2.53. The standard InChI is InChI=1S/C20H22N2O6S/c1-12-4-6-17(27-3)15(8-12)21-19(23)9-13(2)29(25,26)14-5-7-18-16(10-14)22-20(24)11-28-18/h4-8,10,13H,9,11H2,1-3H3,(H,21,23)(H,22,24)/t13-/m0/s1. The lowest BCUT2D eigenvalue weighted by atomic mass is 10.2. The zero-order valence-corrected chi connectivity index (χ0v) is 17.1. The number of carbonyl (C=O) groups is 2. The third-order valence-corrected chi connectivity index (χ3v) is 6.68. The van der Waals surface area contributed by atoms with Gasteiger partial charge in [-0.3, -0.25) is 9.59 Å². The van der Waals surface area contributed by atoms with E-state index in [1.54, 1.807) is 12.1 Å². The summed E-state index contributed by atoms with van der Waals surface area (Å²) in [5.41, 5.74) is 1.71. The Balaban J connectivity index is 1.75. The molecule has 1 heterocycles. The first-order chi connectivity index (χ1) is 13.7. The number of anilines is 2. The zero-order chi connectivity index (χ0) is 21.2. The van der Waals surface area contributed by atoms with E-state index in [1.807, 2.05) is 13.0 Å². The van der Waals surface area contributed by atoms with Crippen LogP contribution in [0.3, 0.4) is 0 Å². The SMILES string of the molecule is COc1ccc(C)cc1NC(=O)C[C@H](C)S(=O)(=O)c1ccc2c(c1)NC(=O)CO2. The summed E-state index contributed by atoms with van der Waals surface area (Å²) in [7, 11) is -2.31. The summed E-state index contributed by atoms with van der Waals surface area (Å²) in [6, 6.07) is 9.58. The van der Waals surface area contributed by atoms with Gasteiger partial charge in [-0.2, -0.15) is 0 Å². The van der Waals surface area contributed by atoms with Crippen molar-refractivity contribution >= 4 is 33.0 Å². The van der Waals surface area contributed by atoms with Crippen molar-refractivity contribution in [3.63, 3.8) is 0 Å². The molecule has 0 radical (unpaired) electrons. The van der Waals surface area contributed by atoms with Gasteiger partial charge in [0.1, 0.15) is 11.5 Å². The molecule has 2 aromatic rings. The van der Waals surface area contributed by atoms with Gasteiger partial charge in [0, 0.05) is 6.42 Å². The second-order valence-electron chi connectivity index (χ2n) is 6.81. The van der Waals surface area contributed by atoms with Crippen LogP contribution in [0.25, 0.3) is 0 Å². The minimum atomic E-state index is -3.80. The van der Waals surface area contributed by atoms with Crippen molar-refractivity contribution in [1.29, 1.82) is 0 Å². The second kappa shape index (κ2) is 8.12. The molecule has 154 valence electrons. The molecule has 0 saturated heterocycles. The van der Waals surface area contributed by atoms with Gasteiger partial charge in [-0.25, -0.2) is 8.42 Å². The number of nitrogens with one attached hydrogen (secondary N) is 2. The first kappa shape index (κ1) is 20.7. The number of amides is 2. The van der Waals surface area contributed by atoms with E-state index in [0.717, 1.165) is 5.56 Å². The van der Waals surface area contributed by atoms with E-state index in [0.29, 0.717) is 22.9 Å². The first-order valence-corrected chi connectivity index (χ1v) is 10.5. The van der Waals surface area contributed by atoms with Gasteiger partial charge in [0.2, 0.25) is 5.91 Å². The van der Waals surface area contributed by atoms with Crippen LogP contribution < -0.4 is 20.1 Å². The van der Waals surface area contributed by atoms with Crippen molar-refractivity contribution in [1.82, 2.24) is 0 Å². The molecule has 0 aliphatic carbocycles. The molecule has 3 rings (SSSR count). The molecule has 0 aromatic heterocycles. The van der Waals surface area contributed by atoms with Crippen molar-refractivity contribution in [2.45, 2.75) is 30.4 Å². The molecule has 0 fully saturated rings. The number of benzene rings is 2. The number of rotatable bonds is 6. The highest BCUT2D eigenvalue weighted by Crippen LogP contribution is 2.32. The Morgan fingerprint density at radius 1 is 1.28 bits per heavy atom. The number of sulfone groups is 1.